The van der Waals surface area contributed by atoms with Gasteiger partial charge in [-0.05, 0) is 0 Å². The predicted molar refractivity (Wildman–Crippen MR) is 40.7 cm³/mol. The first-order valence-electron chi connectivity index (χ1n) is 0.571. The van der Waals surface area contributed by atoms with Gasteiger partial charge in [-0.2, -0.15) is 0 Å². The van der Waals surface area contributed by atoms with Crippen LogP contribution in [0.5, 0.6) is 0 Å². The SMILES string of the molecule is Cl[I](Cl)(Cl)Cl.[C]. The fourth-order valence-electron chi connectivity index (χ4n) is 0. The molecule has 0 spiro atoms. The molecule has 0 amide bonds. The van der Waals surface area contributed by atoms with Gasteiger partial charge in [0.15, 0.2) is 0 Å². The molecule has 0 N–H and O–H groups in total. The van der Waals surface area contributed by atoms with Crippen molar-refractivity contribution in [1.29, 1.82) is 0 Å². The van der Waals surface area contributed by atoms with Crippen molar-refractivity contribution in [3.05, 3.63) is 7.43 Å². The Morgan fingerprint density at radius 2 is 0.833 bits per heavy atom. The van der Waals surface area contributed by atoms with E-state index in [2.05, 4.69) is 0 Å². The molecular formula is CCl4I. The van der Waals surface area contributed by atoms with Gasteiger partial charge in [-0.1, -0.05) is 0 Å². The summed E-state index contributed by atoms with van der Waals surface area (Å²) in [6.07, 6.45) is 0. The van der Waals surface area contributed by atoms with E-state index in [1.807, 2.05) is 0 Å². The van der Waals surface area contributed by atoms with Crippen molar-refractivity contribution in [2.75, 3.05) is 0 Å². The first-order chi connectivity index (χ1) is 2.00. The van der Waals surface area contributed by atoms with E-state index in [4.69, 9.17) is 35.6 Å². The molecule has 0 aromatic heterocycles. The molecule has 5 heteroatoms. The molecule has 0 saturated carbocycles. The zero-order valence-electron chi connectivity index (χ0n) is 2.39. The third kappa shape index (κ3) is 39.4. The van der Waals surface area contributed by atoms with Crippen molar-refractivity contribution in [3.8, 4) is 0 Å². The second kappa shape index (κ2) is 3.84. The Bertz CT molecular complexity index is 23.0. The molecule has 0 unspecified atom stereocenters. The van der Waals surface area contributed by atoms with Gasteiger partial charge in [0, 0.05) is 7.43 Å². The largest absolute Gasteiger partial charge is 0 e. The summed E-state index contributed by atoms with van der Waals surface area (Å²) >= 11 is -3.05. The fraction of sp³-hybridized carbons (Fsp3) is 0. The molecule has 0 aliphatic carbocycles. The molecule has 0 saturated heterocycles. The topological polar surface area (TPSA) is 0 Å². The van der Waals surface area contributed by atoms with Crippen molar-refractivity contribution in [3.63, 3.8) is 0 Å². The number of halogens is 5. The maximum absolute atomic E-state index is 5.01. The quantitative estimate of drug-likeness (QED) is 0.593. The van der Waals surface area contributed by atoms with E-state index in [0.29, 0.717) is 0 Å². The fourth-order valence-corrected chi connectivity index (χ4v) is 0. The second-order valence-electron chi connectivity index (χ2n) is 0.324. The van der Waals surface area contributed by atoms with E-state index >= 15 is 0 Å². The molecule has 5 radical (unpaired) electrons. The van der Waals surface area contributed by atoms with E-state index in [1.54, 1.807) is 0 Å². The van der Waals surface area contributed by atoms with Crippen LogP contribution in [0, 0.1) is 7.43 Å². The molecule has 0 heterocycles. The van der Waals surface area contributed by atoms with Crippen LogP contribution >= 0.6 is 49.6 Å². The summed E-state index contributed by atoms with van der Waals surface area (Å²) < 4.78 is 0. The zero-order valence-corrected chi connectivity index (χ0v) is 7.57. The second-order valence-corrected chi connectivity index (χ2v) is 19.6. The van der Waals surface area contributed by atoms with Crippen molar-refractivity contribution >= 4 is 49.6 Å². The maximum Gasteiger partial charge on any atom is 0 e. The van der Waals surface area contributed by atoms with Crippen molar-refractivity contribution in [1.82, 2.24) is 0 Å². The number of hydrogen-bond donors (Lipinski definition) is 0. The van der Waals surface area contributed by atoms with Crippen LogP contribution in [-0.2, 0) is 0 Å². The number of hydrogen-bond acceptors (Lipinski definition) is 0. The molecule has 0 aliphatic heterocycles. The molecule has 0 atom stereocenters. The summed E-state index contributed by atoms with van der Waals surface area (Å²) in [5.41, 5.74) is 0. The average Bonchev–Trinajstić information content (AvgIpc) is 0.722. The van der Waals surface area contributed by atoms with Crippen molar-refractivity contribution < 1.29 is 0 Å². The van der Waals surface area contributed by atoms with Gasteiger partial charge in [-0.25, -0.2) is 0 Å². The van der Waals surface area contributed by atoms with Crippen LogP contribution in [0.2, 0.25) is 0 Å². The Kier molecular flexibility index (Phi) is 6.91. The van der Waals surface area contributed by atoms with E-state index in [0.717, 1.165) is 0 Å². The Balaban J connectivity index is 0. The van der Waals surface area contributed by atoms with Gasteiger partial charge in [0.25, 0.3) is 0 Å². The molecule has 0 fully saturated rings. The Morgan fingerprint density at radius 3 is 0.833 bits per heavy atom. The predicted octanol–water partition coefficient (Wildman–Crippen LogP) is 3.72. The van der Waals surface area contributed by atoms with Gasteiger partial charge in [-0.3, -0.25) is 0 Å². The summed E-state index contributed by atoms with van der Waals surface area (Å²) in [5, 5.41) is 0. The molecule has 0 rings (SSSR count). The van der Waals surface area contributed by atoms with Crippen LogP contribution < -0.4 is 0 Å². The van der Waals surface area contributed by atoms with Gasteiger partial charge in [0.2, 0.25) is 0 Å². The first-order valence-corrected chi connectivity index (χ1v) is 11.5. The summed E-state index contributed by atoms with van der Waals surface area (Å²) in [4.78, 5) is 0. The molecule has 0 nitrogen and oxygen atoms in total. The van der Waals surface area contributed by atoms with Crippen LogP contribution in [0.15, 0.2) is 0 Å². The molecule has 6 heavy (non-hydrogen) atoms. The first kappa shape index (κ1) is 10.8. The molecule has 0 aromatic carbocycles. The molecule has 0 bridgehead atoms. The third-order valence-electron chi connectivity index (χ3n) is 0. The van der Waals surface area contributed by atoms with Crippen LogP contribution in [0.4, 0.5) is 0 Å². The monoisotopic (exact) mass is 279 g/mol. The van der Waals surface area contributed by atoms with Crippen LogP contribution in [0.3, 0.4) is 0 Å². The Labute approximate surface area is 56.4 Å². The molecule has 0 aromatic rings. The van der Waals surface area contributed by atoms with E-state index in [9.17, 15) is 0 Å². The smallest absolute Gasteiger partial charge is 0 e. The van der Waals surface area contributed by atoms with Crippen LogP contribution in [0.1, 0.15) is 0 Å². The third-order valence-corrected chi connectivity index (χ3v) is 0. The van der Waals surface area contributed by atoms with Gasteiger partial charge in [-0.15, -0.1) is 0 Å². The normalized spacial score (nSPS) is 12.7. The van der Waals surface area contributed by atoms with Crippen LogP contribution in [-0.4, -0.2) is 0 Å². The van der Waals surface area contributed by atoms with E-state index < -0.39 is 13.9 Å². The average molecular weight is 281 g/mol. The van der Waals surface area contributed by atoms with E-state index in [-0.39, 0.29) is 7.43 Å². The summed E-state index contributed by atoms with van der Waals surface area (Å²) in [6.45, 7) is 0. The minimum absolute atomic E-state index is 0. The van der Waals surface area contributed by atoms with Gasteiger partial charge in [0.05, 0.1) is 0 Å². The molecule has 0 aliphatic rings. The van der Waals surface area contributed by atoms with Crippen LogP contribution in [0.25, 0.3) is 0 Å². The Hall–Kier alpha value is 1.89. The molecule has 39 valence electrons. The molecular weight excluding hydrogens is 281 g/mol. The van der Waals surface area contributed by atoms with Gasteiger partial charge >= 0.3 is 49.6 Å². The van der Waals surface area contributed by atoms with Crippen molar-refractivity contribution in [2.24, 2.45) is 0 Å². The minimum Gasteiger partial charge on any atom is 0 e. The maximum atomic E-state index is 5.01. The van der Waals surface area contributed by atoms with Gasteiger partial charge in [0.1, 0.15) is 0 Å². The summed E-state index contributed by atoms with van der Waals surface area (Å²) in [7, 11) is 20.0. The van der Waals surface area contributed by atoms with Crippen molar-refractivity contribution in [2.45, 2.75) is 0 Å². The number of rotatable bonds is 0. The summed E-state index contributed by atoms with van der Waals surface area (Å²) in [6, 6.07) is 0. The standard InChI is InChI=1S/C.Cl4I/c;1-5(2,3)4. The zero-order chi connectivity index (χ0) is 4.50. The summed E-state index contributed by atoms with van der Waals surface area (Å²) in [5.74, 6) is 0. The van der Waals surface area contributed by atoms with E-state index in [1.165, 1.54) is 0 Å². The minimum atomic E-state index is -3.05. The Morgan fingerprint density at radius 1 is 0.833 bits per heavy atom. The van der Waals surface area contributed by atoms with Gasteiger partial charge < -0.3 is 0 Å².